The van der Waals surface area contributed by atoms with E-state index < -0.39 is 92.7 Å². The fourth-order valence-corrected chi connectivity index (χ4v) is 13.4. The van der Waals surface area contributed by atoms with Gasteiger partial charge in [-0.15, -0.1) is 0 Å². The molecule has 0 amide bonds. The van der Waals surface area contributed by atoms with Crippen LogP contribution in [0.1, 0.15) is 76.8 Å². The first kappa shape index (κ1) is 60.2. The third-order valence-corrected chi connectivity index (χ3v) is 17.8. The minimum Gasteiger partial charge on any atom is -0.744 e. The van der Waals surface area contributed by atoms with Crippen LogP contribution in [-0.2, 0) is 80.4 Å². The second-order valence-corrected chi connectivity index (χ2v) is 25.8. The van der Waals surface area contributed by atoms with E-state index in [1.54, 1.807) is 56.4 Å². The van der Waals surface area contributed by atoms with E-state index in [-0.39, 0.29) is 80.1 Å². The highest BCUT2D eigenvalue weighted by Gasteiger charge is 2.49. The predicted octanol–water partition coefficient (Wildman–Crippen LogP) is 6.17. The molecule has 27 heteroatoms. The highest BCUT2D eigenvalue weighted by molar-refractivity contribution is 7.87. The van der Waals surface area contributed by atoms with Crippen molar-refractivity contribution in [2.45, 2.75) is 96.1 Å². The van der Waals surface area contributed by atoms with Gasteiger partial charge in [0.15, 0.2) is 5.71 Å². The van der Waals surface area contributed by atoms with Crippen molar-refractivity contribution in [1.29, 1.82) is 0 Å². The lowest BCUT2D eigenvalue weighted by Gasteiger charge is -2.30. The lowest BCUT2D eigenvalue weighted by Crippen LogP contribution is -2.33. The Morgan fingerprint density at radius 3 is 1.84 bits per heavy atom. The van der Waals surface area contributed by atoms with Gasteiger partial charge in [-0.3, -0.25) is 23.0 Å². The number of anilines is 1. The molecule has 2 aliphatic rings. The summed E-state index contributed by atoms with van der Waals surface area (Å²) in [6.45, 7) is 7.01. The Labute approximate surface area is 442 Å². The normalized spacial score (nSPS) is 19.1. The molecule has 6 rings (SSSR count). The second kappa shape index (κ2) is 23.5. The van der Waals surface area contributed by atoms with E-state index in [0.29, 0.717) is 78.5 Å². The maximum absolute atomic E-state index is 12.7. The topological polar surface area (TPSA) is 346 Å². The number of benzene rings is 4. The molecule has 0 fully saturated rings. The van der Waals surface area contributed by atoms with Gasteiger partial charge in [0.1, 0.15) is 21.6 Å². The maximum Gasteiger partial charge on any atom is 0.303 e. The molecule has 4 aromatic rings. The van der Waals surface area contributed by atoms with Crippen molar-refractivity contribution in [3.05, 3.63) is 95.7 Å². The van der Waals surface area contributed by atoms with Crippen LogP contribution in [0.4, 0.5) is 11.4 Å². The van der Waals surface area contributed by atoms with Gasteiger partial charge in [-0.25, -0.2) is 8.42 Å². The fourth-order valence-electron chi connectivity index (χ4n) is 10.2. The summed E-state index contributed by atoms with van der Waals surface area (Å²) in [6, 6.07) is 9.31. The third-order valence-electron chi connectivity index (χ3n) is 13.6. The lowest BCUT2D eigenvalue weighted by atomic mass is 9.75. The number of carboxylic acid groups (broad SMARTS) is 1. The van der Waals surface area contributed by atoms with Gasteiger partial charge in [-0.05, 0) is 112 Å². The molecule has 76 heavy (non-hydrogen) atoms. The van der Waals surface area contributed by atoms with E-state index in [1.807, 2.05) is 16.4 Å². The molecule has 4 aromatic carbocycles. The Bertz CT molecular complexity index is 3630. The SMILES string of the molecule is CCN1C(=CC=CC=CC2=[N+](CCCCCC(=O)O)c3ccc4c(S(=O)(=O)[O-])cc(S(=O)(=O)O)cc4c3C2(C)CCOCCOCCOC)C(C)(CCCS(=O)(=O)O)c2c1ccc1c(S(=O)(=O)O)cc(S(=O)(=O)O)cc21. The third kappa shape index (κ3) is 13.4. The van der Waals surface area contributed by atoms with E-state index in [4.69, 9.17) is 14.2 Å². The van der Waals surface area contributed by atoms with E-state index in [9.17, 15) is 74.8 Å². The summed E-state index contributed by atoms with van der Waals surface area (Å²) in [5.41, 5.74) is 0.371. The first-order valence-corrected chi connectivity index (χ1v) is 31.1. The number of allylic oxidation sites excluding steroid dienone is 6. The Morgan fingerprint density at radius 1 is 0.671 bits per heavy atom. The van der Waals surface area contributed by atoms with Crippen LogP contribution in [0.2, 0.25) is 0 Å². The summed E-state index contributed by atoms with van der Waals surface area (Å²) in [5, 5.41) is 9.18. The molecule has 0 saturated heterocycles. The number of carboxylic acids is 1. The maximum atomic E-state index is 12.7. The average Bonchev–Trinajstić information content (AvgIpc) is 3.70. The van der Waals surface area contributed by atoms with Gasteiger partial charge in [0, 0.05) is 78.4 Å². The number of fused-ring (bicyclic) bond motifs is 6. The van der Waals surface area contributed by atoms with Crippen molar-refractivity contribution in [3.63, 3.8) is 0 Å². The van der Waals surface area contributed by atoms with Crippen LogP contribution >= 0.6 is 0 Å². The number of nitrogens with zero attached hydrogens (tertiary/aromatic N) is 2. The zero-order chi connectivity index (χ0) is 56.2. The Balaban J connectivity index is 1.53. The van der Waals surface area contributed by atoms with Crippen molar-refractivity contribution >= 4 is 95.2 Å². The number of hydrogen-bond acceptors (Lipinski definition) is 16. The molecule has 0 saturated carbocycles. The van der Waals surface area contributed by atoms with Crippen molar-refractivity contribution < 1.29 is 93.5 Å². The minimum atomic E-state index is -5.33. The summed E-state index contributed by atoms with van der Waals surface area (Å²) in [7, 11) is -23.5. The Morgan fingerprint density at radius 2 is 1.26 bits per heavy atom. The van der Waals surface area contributed by atoms with Gasteiger partial charge < -0.3 is 28.8 Å². The van der Waals surface area contributed by atoms with E-state index >= 15 is 0 Å². The lowest BCUT2D eigenvalue weighted by molar-refractivity contribution is -0.438. The summed E-state index contributed by atoms with van der Waals surface area (Å²) in [4.78, 5) is 9.87. The summed E-state index contributed by atoms with van der Waals surface area (Å²) < 4.78 is 197. The number of aliphatic carboxylic acids is 1. The molecule has 2 aliphatic heterocycles. The Hall–Kier alpha value is -5.01. The number of likely N-dealkylation sites (N-methyl/N-ethyl adjacent to an activating group) is 1. The quantitative estimate of drug-likeness (QED) is 0.0193. The average molecular weight is 1160 g/mol. The van der Waals surface area contributed by atoms with Gasteiger partial charge in [0.25, 0.3) is 40.5 Å². The van der Waals surface area contributed by atoms with Crippen LogP contribution in [0.15, 0.2) is 104 Å². The van der Waals surface area contributed by atoms with Gasteiger partial charge >= 0.3 is 5.97 Å². The van der Waals surface area contributed by atoms with Gasteiger partial charge in [-0.1, -0.05) is 24.3 Å². The Kier molecular flexibility index (Phi) is 18.6. The van der Waals surface area contributed by atoms with Crippen LogP contribution < -0.4 is 4.90 Å². The molecule has 2 heterocycles. The predicted molar refractivity (Wildman–Crippen MR) is 279 cm³/mol. The molecule has 0 aliphatic carbocycles. The first-order chi connectivity index (χ1) is 35.4. The smallest absolute Gasteiger partial charge is 0.303 e. The summed E-state index contributed by atoms with van der Waals surface area (Å²) in [5.74, 6) is -1.64. The number of carbonyl (C=O) groups is 1. The molecular weight excluding hydrogens is 1100 g/mol. The molecule has 2 unspecified atom stereocenters. The first-order valence-electron chi connectivity index (χ1n) is 23.8. The van der Waals surface area contributed by atoms with Crippen molar-refractivity contribution in [1.82, 2.24) is 0 Å². The van der Waals surface area contributed by atoms with E-state index in [2.05, 4.69) is 0 Å². The van der Waals surface area contributed by atoms with E-state index in [0.717, 1.165) is 12.1 Å². The number of unbranched alkanes of at least 4 members (excludes halogenated alkanes) is 2. The standard InChI is InChI=1S/C49H60N2O20S5/c1-5-50-39-18-16-35-37(29-33(73(57,58)59)31-41(35)75(63,64)65)46(39)48(2,20-12-28-72(54,55)56)43(50)13-8-6-9-14-44-49(3,21-23-70-26-27-71-25-24-69-4)47-38-30-34(74(60,61)62)32-42(76(66,67)68)36(38)17-19-40(47)51(44)22-11-7-10-15-45(52)53/h6,8-9,13-14,16-19,29-32H,5,7,10-12,15,20-28H2,1-4H3,(H5-,52,53,54,55,56,57,58,59,60,61,62,63,64,65,66,67,68). The second-order valence-electron chi connectivity index (χ2n) is 18.6. The van der Waals surface area contributed by atoms with Gasteiger partial charge in [0.05, 0.1) is 52.3 Å². The monoisotopic (exact) mass is 1160 g/mol. The van der Waals surface area contributed by atoms with E-state index in [1.165, 1.54) is 19.2 Å². The molecule has 5 N–H and O–H groups in total. The zero-order valence-electron chi connectivity index (χ0n) is 41.9. The van der Waals surface area contributed by atoms with Crippen LogP contribution in [0, 0.1) is 0 Å². The molecular formula is C49H60N2O20S5. The largest absolute Gasteiger partial charge is 0.744 e. The van der Waals surface area contributed by atoms with Crippen LogP contribution in [0.25, 0.3) is 21.5 Å². The number of rotatable bonds is 27. The highest BCUT2D eigenvalue weighted by Crippen LogP contribution is 2.54. The molecule has 0 spiro atoms. The molecule has 22 nitrogen and oxygen atoms in total. The zero-order valence-corrected chi connectivity index (χ0v) is 46.0. The van der Waals surface area contributed by atoms with Crippen molar-refractivity contribution in [3.8, 4) is 0 Å². The van der Waals surface area contributed by atoms with Crippen LogP contribution in [0.3, 0.4) is 0 Å². The summed E-state index contributed by atoms with van der Waals surface area (Å²) in [6.07, 6.45) is 9.68. The highest BCUT2D eigenvalue weighted by atomic mass is 32.2. The van der Waals surface area contributed by atoms with Crippen molar-refractivity contribution in [2.75, 3.05) is 63.9 Å². The minimum absolute atomic E-state index is 0.0118. The van der Waals surface area contributed by atoms with Crippen LogP contribution in [-0.4, -0.2) is 145 Å². The van der Waals surface area contributed by atoms with Crippen LogP contribution in [0.5, 0.6) is 0 Å². The molecule has 0 bridgehead atoms. The molecule has 0 aromatic heterocycles. The molecule has 0 radical (unpaired) electrons. The molecule has 416 valence electrons. The number of ether oxygens (including phenoxy) is 3. The summed E-state index contributed by atoms with van der Waals surface area (Å²) >= 11 is 0. The number of methoxy groups -OCH3 is 1. The fraction of sp³-hybridized carbons (Fsp3) is 0.429. The van der Waals surface area contributed by atoms with Gasteiger partial charge in [0.2, 0.25) is 5.69 Å². The van der Waals surface area contributed by atoms with Gasteiger partial charge in [-0.2, -0.15) is 38.2 Å². The molecule has 2 atom stereocenters. The van der Waals surface area contributed by atoms with Crippen molar-refractivity contribution in [2.24, 2.45) is 0 Å². The number of hydrogen-bond donors (Lipinski definition) is 5.